The average Bonchev–Trinajstić information content (AvgIpc) is 2.49. The lowest BCUT2D eigenvalue weighted by Gasteiger charge is -2.08. The minimum absolute atomic E-state index is 0.0362. The first kappa shape index (κ1) is 15.1. The fourth-order valence-corrected chi connectivity index (χ4v) is 2.09. The van der Waals surface area contributed by atoms with E-state index in [0.717, 1.165) is 23.4 Å². The summed E-state index contributed by atoms with van der Waals surface area (Å²) in [6, 6.07) is 13.8. The molecule has 0 radical (unpaired) electrons. The van der Waals surface area contributed by atoms with Gasteiger partial charge in [0.05, 0.1) is 7.11 Å². The van der Waals surface area contributed by atoms with Gasteiger partial charge in [-0.25, -0.2) is 0 Å². The van der Waals surface area contributed by atoms with Crippen LogP contribution in [0.3, 0.4) is 0 Å². The number of nitrogens with one attached hydrogen (secondary N) is 1. The highest BCUT2D eigenvalue weighted by molar-refractivity contribution is 5.90. The molecule has 0 aliphatic rings. The summed E-state index contributed by atoms with van der Waals surface area (Å²) >= 11 is 0. The minimum Gasteiger partial charge on any atom is -0.497 e. The third kappa shape index (κ3) is 4.35. The van der Waals surface area contributed by atoms with E-state index in [4.69, 9.17) is 4.74 Å². The molecule has 0 saturated carbocycles. The van der Waals surface area contributed by atoms with E-state index >= 15 is 0 Å². The largest absolute Gasteiger partial charge is 0.497 e. The third-order valence-corrected chi connectivity index (χ3v) is 3.59. The molecule has 0 saturated heterocycles. The SMILES string of the molecule is COc1ccc(CCC(=O)Nc2ccc(C)c(C)c2)cc1. The van der Waals surface area contributed by atoms with Crippen LogP contribution in [0.1, 0.15) is 23.1 Å². The summed E-state index contributed by atoms with van der Waals surface area (Å²) < 4.78 is 5.12. The van der Waals surface area contributed by atoms with Crippen molar-refractivity contribution in [2.45, 2.75) is 26.7 Å². The van der Waals surface area contributed by atoms with E-state index in [1.54, 1.807) is 7.11 Å². The van der Waals surface area contributed by atoms with Crippen molar-refractivity contribution in [3.8, 4) is 5.75 Å². The van der Waals surface area contributed by atoms with Gasteiger partial charge in [-0.1, -0.05) is 18.2 Å². The molecule has 2 aromatic rings. The molecule has 0 unspecified atom stereocenters. The Morgan fingerprint density at radius 1 is 1.05 bits per heavy atom. The Labute approximate surface area is 126 Å². The van der Waals surface area contributed by atoms with Gasteiger partial charge in [0.1, 0.15) is 5.75 Å². The lowest BCUT2D eigenvalue weighted by atomic mass is 10.1. The van der Waals surface area contributed by atoms with E-state index in [-0.39, 0.29) is 5.91 Å². The molecule has 2 aromatic carbocycles. The summed E-state index contributed by atoms with van der Waals surface area (Å²) in [6.07, 6.45) is 1.19. The molecule has 3 nitrogen and oxygen atoms in total. The van der Waals surface area contributed by atoms with Gasteiger partial charge in [-0.15, -0.1) is 0 Å². The average molecular weight is 283 g/mol. The van der Waals surface area contributed by atoms with Crippen LogP contribution >= 0.6 is 0 Å². The topological polar surface area (TPSA) is 38.3 Å². The van der Waals surface area contributed by atoms with E-state index < -0.39 is 0 Å². The molecule has 1 amide bonds. The van der Waals surface area contributed by atoms with E-state index in [9.17, 15) is 4.79 Å². The fraction of sp³-hybridized carbons (Fsp3) is 0.278. The second-order valence-corrected chi connectivity index (χ2v) is 5.20. The van der Waals surface area contributed by atoms with E-state index in [2.05, 4.69) is 12.2 Å². The first-order valence-electron chi connectivity index (χ1n) is 7.08. The molecule has 0 bridgehead atoms. The van der Waals surface area contributed by atoms with E-state index in [0.29, 0.717) is 6.42 Å². The first-order chi connectivity index (χ1) is 10.1. The number of aryl methyl sites for hydroxylation is 3. The van der Waals surface area contributed by atoms with Crippen LogP contribution in [-0.2, 0) is 11.2 Å². The quantitative estimate of drug-likeness (QED) is 0.904. The third-order valence-electron chi connectivity index (χ3n) is 3.59. The molecule has 1 N–H and O–H groups in total. The van der Waals surface area contributed by atoms with Crippen molar-refractivity contribution >= 4 is 11.6 Å². The molecule has 0 heterocycles. The summed E-state index contributed by atoms with van der Waals surface area (Å²) in [5.74, 6) is 0.868. The van der Waals surface area contributed by atoms with Crippen molar-refractivity contribution in [1.82, 2.24) is 0 Å². The maximum Gasteiger partial charge on any atom is 0.224 e. The van der Waals surface area contributed by atoms with Gasteiger partial charge in [0.25, 0.3) is 0 Å². The maximum absolute atomic E-state index is 12.0. The highest BCUT2D eigenvalue weighted by atomic mass is 16.5. The molecule has 0 spiro atoms. The lowest BCUT2D eigenvalue weighted by Crippen LogP contribution is -2.12. The molecular formula is C18H21NO2. The molecular weight excluding hydrogens is 262 g/mol. The zero-order valence-electron chi connectivity index (χ0n) is 12.8. The minimum atomic E-state index is 0.0362. The Morgan fingerprint density at radius 2 is 1.76 bits per heavy atom. The Balaban J connectivity index is 1.87. The molecule has 0 aliphatic heterocycles. The predicted molar refractivity (Wildman–Crippen MR) is 85.9 cm³/mol. The second-order valence-electron chi connectivity index (χ2n) is 5.20. The second kappa shape index (κ2) is 6.93. The van der Waals surface area contributed by atoms with E-state index in [1.807, 2.05) is 49.4 Å². The van der Waals surface area contributed by atoms with Crippen LogP contribution in [0.5, 0.6) is 5.75 Å². The van der Waals surface area contributed by atoms with Gasteiger partial charge in [-0.3, -0.25) is 4.79 Å². The smallest absolute Gasteiger partial charge is 0.224 e. The molecule has 0 atom stereocenters. The number of rotatable bonds is 5. The van der Waals surface area contributed by atoms with Gasteiger partial charge in [0.2, 0.25) is 5.91 Å². The van der Waals surface area contributed by atoms with Gasteiger partial charge in [0.15, 0.2) is 0 Å². The number of amides is 1. The number of benzene rings is 2. The summed E-state index contributed by atoms with van der Waals surface area (Å²) in [5.41, 5.74) is 4.40. The summed E-state index contributed by atoms with van der Waals surface area (Å²) in [7, 11) is 1.64. The summed E-state index contributed by atoms with van der Waals surface area (Å²) in [5, 5.41) is 2.94. The predicted octanol–water partition coefficient (Wildman–Crippen LogP) is 3.88. The zero-order valence-corrected chi connectivity index (χ0v) is 12.8. The van der Waals surface area contributed by atoms with Crippen molar-refractivity contribution in [3.63, 3.8) is 0 Å². The van der Waals surface area contributed by atoms with Crippen molar-refractivity contribution in [2.24, 2.45) is 0 Å². The molecule has 3 heteroatoms. The number of ether oxygens (including phenoxy) is 1. The van der Waals surface area contributed by atoms with Gasteiger partial charge < -0.3 is 10.1 Å². The molecule has 0 aliphatic carbocycles. The molecule has 110 valence electrons. The number of carbonyl (C=O) groups is 1. The summed E-state index contributed by atoms with van der Waals surface area (Å²) in [4.78, 5) is 12.0. The number of hydrogen-bond acceptors (Lipinski definition) is 2. The lowest BCUT2D eigenvalue weighted by molar-refractivity contribution is -0.116. The molecule has 2 rings (SSSR count). The van der Waals surface area contributed by atoms with Crippen LogP contribution in [0, 0.1) is 13.8 Å². The number of hydrogen-bond donors (Lipinski definition) is 1. The molecule has 0 aromatic heterocycles. The number of carbonyl (C=O) groups excluding carboxylic acids is 1. The highest BCUT2D eigenvalue weighted by Crippen LogP contribution is 2.15. The fourth-order valence-electron chi connectivity index (χ4n) is 2.09. The van der Waals surface area contributed by atoms with Crippen molar-refractivity contribution in [3.05, 3.63) is 59.2 Å². The first-order valence-corrected chi connectivity index (χ1v) is 7.08. The maximum atomic E-state index is 12.0. The zero-order chi connectivity index (χ0) is 15.2. The molecule has 0 fully saturated rings. The Hall–Kier alpha value is -2.29. The summed E-state index contributed by atoms with van der Waals surface area (Å²) in [6.45, 7) is 4.10. The van der Waals surface area contributed by atoms with Crippen molar-refractivity contribution < 1.29 is 9.53 Å². The van der Waals surface area contributed by atoms with Gasteiger partial charge in [-0.05, 0) is 61.2 Å². The Bertz CT molecular complexity index is 618. The van der Waals surface area contributed by atoms with Crippen molar-refractivity contribution in [2.75, 3.05) is 12.4 Å². The molecule has 21 heavy (non-hydrogen) atoms. The van der Waals surface area contributed by atoms with Crippen LogP contribution in [0.4, 0.5) is 5.69 Å². The van der Waals surface area contributed by atoms with Crippen LogP contribution in [-0.4, -0.2) is 13.0 Å². The van der Waals surface area contributed by atoms with Crippen LogP contribution in [0.2, 0.25) is 0 Å². The van der Waals surface area contributed by atoms with Crippen LogP contribution < -0.4 is 10.1 Å². The number of methoxy groups -OCH3 is 1. The monoisotopic (exact) mass is 283 g/mol. The standard InChI is InChI=1S/C18H21NO2/c1-13-4-8-16(12-14(13)2)19-18(20)11-7-15-5-9-17(21-3)10-6-15/h4-6,8-10,12H,7,11H2,1-3H3,(H,19,20). The highest BCUT2D eigenvalue weighted by Gasteiger charge is 2.04. The Morgan fingerprint density at radius 3 is 2.38 bits per heavy atom. The van der Waals surface area contributed by atoms with Crippen molar-refractivity contribution in [1.29, 1.82) is 0 Å². The van der Waals surface area contributed by atoms with Gasteiger partial charge >= 0.3 is 0 Å². The van der Waals surface area contributed by atoms with Crippen LogP contribution in [0.15, 0.2) is 42.5 Å². The van der Waals surface area contributed by atoms with Gasteiger partial charge in [-0.2, -0.15) is 0 Å². The van der Waals surface area contributed by atoms with Crippen LogP contribution in [0.25, 0.3) is 0 Å². The van der Waals surface area contributed by atoms with Gasteiger partial charge in [0, 0.05) is 12.1 Å². The Kier molecular flexibility index (Phi) is 4.99. The normalized spacial score (nSPS) is 10.2. The van der Waals surface area contributed by atoms with E-state index in [1.165, 1.54) is 11.1 Å². The number of anilines is 1.